The first-order valence-corrected chi connectivity index (χ1v) is 14.0. The minimum absolute atomic E-state index is 0.206. The summed E-state index contributed by atoms with van der Waals surface area (Å²) in [5.41, 5.74) is 10.0. The fourth-order valence-electron chi connectivity index (χ4n) is 4.26. The van der Waals surface area contributed by atoms with Crippen LogP contribution in [0.5, 0.6) is 0 Å². The van der Waals surface area contributed by atoms with Gasteiger partial charge in [-0.25, -0.2) is 4.98 Å². The number of benzene rings is 2. The SMILES string of the molecule is NCCNC(=O)c1cc(-c2c[nH]c3ccc(Br)cc23)nc2cc(Cl)c(C#CCN3CCSCC3)cc12. The van der Waals surface area contributed by atoms with Crippen molar-refractivity contribution in [1.82, 2.24) is 20.2 Å². The van der Waals surface area contributed by atoms with Crippen LogP contribution in [0, 0.1) is 11.8 Å². The number of rotatable bonds is 5. The topological polar surface area (TPSA) is 87.0 Å². The molecule has 1 fully saturated rings. The molecule has 184 valence electrons. The molecule has 1 aliphatic rings. The van der Waals surface area contributed by atoms with E-state index >= 15 is 0 Å². The Morgan fingerprint density at radius 2 is 2.06 bits per heavy atom. The van der Waals surface area contributed by atoms with Crippen molar-refractivity contribution in [2.24, 2.45) is 5.73 Å². The second-order valence-electron chi connectivity index (χ2n) is 8.53. The first-order chi connectivity index (χ1) is 17.5. The number of nitrogens with one attached hydrogen (secondary N) is 2. The molecular weight excluding hydrogens is 558 g/mol. The monoisotopic (exact) mass is 581 g/mol. The van der Waals surface area contributed by atoms with Gasteiger partial charge in [0.25, 0.3) is 5.91 Å². The maximum atomic E-state index is 13.2. The average molecular weight is 583 g/mol. The van der Waals surface area contributed by atoms with Crippen LogP contribution < -0.4 is 11.1 Å². The van der Waals surface area contributed by atoms with Gasteiger partial charge in [0.1, 0.15) is 0 Å². The Balaban J connectivity index is 1.59. The molecule has 2 aromatic heterocycles. The molecule has 2 aromatic carbocycles. The smallest absolute Gasteiger partial charge is 0.252 e. The first-order valence-electron chi connectivity index (χ1n) is 11.7. The fraction of sp³-hybridized carbons (Fsp3) is 0.259. The molecule has 0 spiro atoms. The molecule has 0 bridgehead atoms. The first kappa shape index (κ1) is 25.1. The van der Waals surface area contributed by atoms with E-state index < -0.39 is 0 Å². The van der Waals surface area contributed by atoms with Gasteiger partial charge >= 0.3 is 0 Å². The Kier molecular flexibility index (Phi) is 7.85. The Hall–Kier alpha value is -2.54. The van der Waals surface area contributed by atoms with Gasteiger partial charge in [-0.1, -0.05) is 39.4 Å². The average Bonchev–Trinajstić information content (AvgIpc) is 3.30. The van der Waals surface area contributed by atoms with E-state index in [1.807, 2.05) is 48.3 Å². The van der Waals surface area contributed by atoms with E-state index in [-0.39, 0.29) is 5.91 Å². The maximum absolute atomic E-state index is 13.2. The number of pyridine rings is 1. The van der Waals surface area contributed by atoms with E-state index in [1.54, 1.807) is 6.07 Å². The molecule has 1 aliphatic heterocycles. The zero-order valence-electron chi connectivity index (χ0n) is 19.5. The highest BCUT2D eigenvalue weighted by atomic mass is 79.9. The van der Waals surface area contributed by atoms with Gasteiger partial charge in [0.15, 0.2) is 0 Å². The molecule has 0 unspecified atom stereocenters. The molecular formula is C27H25BrClN5OS. The lowest BCUT2D eigenvalue weighted by molar-refractivity contribution is 0.0956. The third-order valence-corrected chi connectivity index (χ3v) is 7.87. The van der Waals surface area contributed by atoms with Crippen LogP contribution in [0.25, 0.3) is 33.1 Å². The van der Waals surface area contributed by atoms with Crippen LogP contribution in [0.4, 0.5) is 0 Å². The zero-order valence-corrected chi connectivity index (χ0v) is 22.7. The van der Waals surface area contributed by atoms with Crippen molar-refractivity contribution < 1.29 is 4.79 Å². The third kappa shape index (κ3) is 5.41. The van der Waals surface area contributed by atoms with Crippen LogP contribution in [0.3, 0.4) is 0 Å². The summed E-state index contributed by atoms with van der Waals surface area (Å²) in [5.74, 6) is 8.54. The van der Waals surface area contributed by atoms with Crippen LogP contribution in [-0.4, -0.2) is 65.0 Å². The number of halogens is 2. The predicted octanol–water partition coefficient (Wildman–Crippen LogP) is 4.89. The molecule has 0 atom stereocenters. The molecule has 0 aliphatic carbocycles. The normalized spacial score (nSPS) is 14.1. The van der Waals surface area contributed by atoms with E-state index in [0.717, 1.165) is 45.5 Å². The van der Waals surface area contributed by atoms with E-state index in [0.29, 0.717) is 52.4 Å². The van der Waals surface area contributed by atoms with Gasteiger partial charge in [-0.3, -0.25) is 9.69 Å². The highest BCUT2D eigenvalue weighted by Crippen LogP contribution is 2.33. The van der Waals surface area contributed by atoms with Crippen molar-refractivity contribution in [2.75, 3.05) is 44.2 Å². The molecule has 1 saturated heterocycles. The molecule has 4 N–H and O–H groups in total. The van der Waals surface area contributed by atoms with Crippen molar-refractivity contribution in [3.63, 3.8) is 0 Å². The molecule has 5 rings (SSSR count). The number of amides is 1. The summed E-state index contributed by atoms with van der Waals surface area (Å²) in [6.07, 6.45) is 1.91. The zero-order chi connectivity index (χ0) is 25.1. The molecule has 0 saturated carbocycles. The molecule has 36 heavy (non-hydrogen) atoms. The molecule has 6 nitrogen and oxygen atoms in total. The van der Waals surface area contributed by atoms with Gasteiger partial charge < -0.3 is 16.0 Å². The number of aromatic nitrogens is 2. The predicted molar refractivity (Wildman–Crippen MR) is 154 cm³/mol. The molecule has 4 aromatic rings. The van der Waals surface area contributed by atoms with Crippen molar-refractivity contribution in [2.45, 2.75) is 0 Å². The standard InChI is InChI=1S/C27H25BrClN5OS/c28-18-3-4-24-20(13-18)22(16-32-24)25-14-21(27(35)31-6-5-30)19-12-17(23(29)15-26(19)33-25)2-1-7-34-8-10-36-11-9-34/h3-4,12-16,32H,5-11,30H2,(H,31,35). The lowest BCUT2D eigenvalue weighted by atomic mass is 10.0. The highest BCUT2D eigenvalue weighted by Gasteiger charge is 2.18. The Labute approximate surface area is 227 Å². The number of nitrogens with zero attached hydrogens (tertiary/aromatic N) is 2. The summed E-state index contributed by atoms with van der Waals surface area (Å²) in [6, 6.07) is 11.5. The Morgan fingerprint density at radius 1 is 1.22 bits per heavy atom. The number of hydrogen-bond donors (Lipinski definition) is 3. The minimum Gasteiger partial charge on any atom is -0.360 e. The van der Waals surface area contributed by atoms with Crippen LogP contribution >= 0.6 is 39.3 Å². The molecule has 3 heterocycles. The quantitative estimate of drug-likeness (QED) is 0.292. The minimum atomic E-state index is -0.206. The Bertz CT molecular complexity index is 1500. The lowest BCUT2D eigenvalue weighted by Crippen LogP contribution is -2.32. The number of thioether (sulfide) groups is 1. The summed E-state index contributed by atoms with van der Waals surface area (Å²) in [5, 5.41) is 5.13. The van der Waals surface area contributed by atoms with Gasteiger partial charge in [-0.05, 0) is 36.4 Å². The van der Waals surface area contributed by atoms with E-state index in [9.17, 15) is 4.79 Å². The molecule has 0 radical (unpaired) electrons. The molecule has 9 heteroatoms. The van der Waals surface area contributed by atoms with Crippen LogP contribution in [0.2, 0.25) is 5.02 Å². The molecule has 1 amide bonds. The summed E-state index contributed by atoms with van der Waals surface area (Å²) in [4.78, 5) is 23.7. The van der Waals surface area contributed by atoms with Gasteiger partial charge in [-0.15, -0.1) is 0 Å². The number of carbonyl (C=O) groups is 1. The van der Waals surface area contributed by atoms with E-state index in [2.05, 4.69) is 43.0 Å². The number of hydrogen-bond acceptors (Lipinski definition) is 5. The number of nitrogens with two attached hydrogens (primary N) is 1. The number of carbonyl (C=O) groups excluding carboxylic acids is 1. The summed E-state index contributed by atoms with van der Waals surface area (Å²) in [7, 11) is 0. The van der Waals surface area contributed by atoms with Gasteiger partial charge in [0.2, 0.25) is 0 Å². The van der Waals surface area contributed by atoms with Crippen molar-refractivity contribution >= 4 is 67.0 Å². The summed E-state index contributed by atoms with van der Waals surface area (Å²) in [6.45, 7) is 3.54. The second-order valence-corrected chi connectivity index (χ2v) is 11.1. The van der Waals surface area contributed by atoms with E-state index in [1.165, 1.54) is 0 Å². The lowest BCUT2D eigenvalue weighted by Gasteiger charge is -2.23. The number of H-pyrrole nitrogens is 1. The van der Waals surface area contributed by atoms with Gasteiger partial charge in [0.05, 0.1) is 28.3 Å². The second kappa shape index (κ2) is 11.2. The fourth-order valence-corrected chi connectivity index (χ4v) is 5.81. The van der Waals surface area contributed by atoms with Crippen molar-refractivity contribution in [1.29, 1.82) is 0 Å². The van der Waals surface area contributed by atoms with Crippen molar-refractivity contribution in [3.8, 4) is 23.1 Å². The van der Waals surface area contributed by atoms with Crippen molar-refractivity contribution in [3.05, 3.63) is 63.2 Å². The number of fused-ring (bicyclic) bond motifs is 2. The van der Waals surface area contributed by atoms with Crippen LogP contribution in [-0.2, 0) is 0 Å². The summed E-state index contributed by atoms with van der Waals surface area (Å²) < 4.78 is 0.965. The van der Waals surface area contributed by atoms with Gasteiger partial charge in [0, 0.05) is 75.8 Å². The van der Waals surface area contributed by atoms with E-state index in [4.69, 9.17) is 22.3 Å². The maximum Gasteiger partial charge on any atom is 0.252 e. The van der Waals surface area contributed by atoms with Crippen LogP contribution in [0.1, 0.15) is 15.9 Å². The number of aromatic amines is 1. The van der Waals surface area contributed by atoms with Crippen LogP contribution in [0.15, 0.2) is 47.1 Å². The van der Waals surface area contributed by atoms with Gasteiger partial charge in [-0.2, -0.15) is 11.8 Å². The summed E-state index contributed by atoms with van der Waals surface area (Å²) >= 11 is 12.2. The third-order valence-electron chi connectivity index (χ3n) is 6.12. The largest absolute Gasteiger partial charge is 0.360 e. The highest BCUT2D eigenvalue weighted by molar-refractivity contribution is 9.10. The Morgan fingerprint density at radius 3 is 2.86 bits per heavy atom.